The van der Waals surface area contributed by atoms with Gasteiger partial charge in [0.2, 0.25) is 17.7 Å². The number of fused-ring (bicyclic) bond motifs is 1. The van der Waals surface area contributed by atoms with E-state index in [1.165, 1.54) is 17.0 Å². The Morgan fingerprint density at radius 1 is 1.05 bits per heavy atom. The molecule has 3 amide bonds. The Labute approximate surface area is 236 Å². The number of amides is 3. The highest BCUT2D eigenvalue weighted by molar-refractivity contribution is 5.93. The molecule has 0 aromatic heterocycles. The molecule has 1 aromatic rings. The fourth-order valence-electron chi connectivity index (χ4n) is 5.52. The fourth-order valence-corrected chi connectivity index (χ4v) is 5.52. The van der Waals surface area contributed by atoms with Gasteiger partial charge in [0, 0.05) is 32.5 Å². The number of likely N-dealkylation sites (N-methyl/N-ethyl adjacent to an activating group) is 1. The summed E-state index contributed by atoms with van der Waals surface area (Å²) in [4.78, 5) is 41.6. The molecule has 1 aliphatic heterocycles. The van der Waals surface area contributed by atoms with Gasteiger partial charge in [0.15, 0.2) is 0 Å². The van der Waals surface area contributed by atoms with E-state index in [4.69, 9.17) is 4.74 Å². The number of nitrogens with one attached hydrogen (secondary N) is 3. The maximum absolute atomic E-state index is 13.5. The Morgan fingerprint density at radius 3 is 2.48 bits per heavy atom. The number of carbonyl (C=O) groups excluding carboxylic acids is 3. The van der Waals surface area contributed by atoms with E-state index in [9.17, 15) is 18.8 Å². The largest absolute Gasteiger partial charge is 0.366 e. The first-order chi connectivity index (χ1) is 19.1. The smallest absolute Gasteiger partial charge is 0.243 e. The third-order valence-corrected chi connectivity index (χ3v) is 8.34. The predicted molar refractivity (Wildman–Crippen MR) is 152 cm³/mol. The second-order valence-electron chi connectivity index (χ2n) is 11.6. The molecule has 1 saturated heterocycles. The third-order valence-electron chi connectivity index (χ3n) is 8.34. The zero-order valence-corrected chi connectivity index (χ0v) is 24.0. The van der Waals surface area contributed by atoms with E-state index in [2.05, 4.69) is 35.0 Å². The minimum Gasteiger partial charge on any atom is -0.366 e. The van der Waals surface area contributed by atoms with E-state index >= 15 is 0 Å². The molecule has 2 fully saturated rings. The van der Waals surface area contributed by atoms with Crippen LogP contribution in [0, 0.1) is 17.7 Å². The molecule has 1 heterocycles. The summed E-state index contributed by atoms with van der Waals surface area (Å²) in [5.74, 6) is -0.905. The van der Waals surface area contributed by atoms with Crippen molar-refractivity contribution in [2.24, 2.45) is 11.8 Å². The summed E-state index contributed by atoms with van der Waals surface area (Å²) in [5.41, 5.74) is 0.217. The molecule has 1 aromatic carbocycles. The van der Waals surface area contributed by atoms with Gasteiger partial charge in [0.25, 0.3) is 0 Å². The summed E-state index contributed by atoms with van der Waals surface area (Å²) in [7, 11) is 1.63. The van der Waals surface area contributed by atoms with Gasteiger partial charge in [-0.3, -0.25) is 14.4 Å². The summed E-state index contributed by atoms with van der Waals surface area (Å²) in [6.45, 7) is 6.70. The van der Waals surface area contributed by atoms with Crippen LogP contribution in [-0.4, -0.2) is 72.6 Å². The van der Waals surface area contributed by atoms with E-state index in [1.54, 1.807) is 26.1 Å². The van der Waals surface area contributed by atoms with E-state index in [0.29, 0.717) is 13.1 Å². The molecule has 3 aliphatic rings. The van der Waals surface area contributed by atoms with Crippen molar-refractivity contribution in [3.63, 3.8) is 0 Å². The average molecular weight is 555 g/mol. The lowest BCUT2D eigenvalue weighted by Gasteiger charge is -2.38. The summed E-state index contributed by atoms with van der Waals surface area (Å²) in [6, 6.07) is 3.82. The highest BCUT2D eigenvalue weighted by atomic mass is 19.1. The van der Waals surface area contributed by atoms with Crippen LogP contribution < -0.4 is 16.0 Å². The lowest BCUT2D eigenvalue weighted by atomic mass is 9.82. The zero-order chi connectivity index (χ0) is 28.9. The summed E-state index contributed by atoms with van der Waals surface area (Å²) < 4.78 is 20.0. The number of ether oxygens (including phenoxy) is 1. The molecule has 2 unspecified atom stereocenters. The van der Waals surface area contributed by atoms with Crippen molar-refractivity contribution in [1.82, 2.24) is 20.9 Å². The second kappa shape index (κ2) is 13.1. The van der Waals surface area contributed by atoms with Crippen molar-refractivity contribution in [3.8, 4) is 0 Å². The third kappa shape index (κ3) is 7.57. The summed E-state index contributed by atoms with van der Waals surface area (Å²) in [5, 5.41) is 9.26. The van der Waals surface area contributed by atoms with E-state index in [-0.39, 0.29) is 42.0 Å². The quantitative estimate of drug-likeness (QED) is 0.534. The molecule has 0 radical (unpaired) electrons. The molecular weight excluding hydrogens is 511 g/mol. The number of benzene rings is 1. The van der Waals surface area contributed by atoms with E-state index in [0.717, 1.165) is 31.2 Å². The number of halogens is 1. The number of allylic oxidation sites excluding steroid dienone is 2. The van der Waals surface area contributed by atoms with Gasteiger partial charge >= 0.3 is 0 Å². The lowest BCUT2D eigenvalue weighted by Crippen LogP contribution is -2.57. The van der Waals surface area contributed by atoms with Gasteiger partial charge in [-0.2, -0.15) is 0 Å². The Balaban J connectivity index is 1.56. The van der Waals surface area contributed by atoms with Crippen molar-refractivity contribution in [2.45, 2.75) is 82.7 Å². The van der Waals surface area contributed by atoms with Crippen molar-refractivity contribution in [1.29, 1.82) is 0 Å². The van der Waals surface area contributed by atoms with Gasteiger partial charge in [0.05, 0.1) is 17.7 Å². The van der Waals surface area contributed by atoms with Gasteiger partial charge in [-0.15, -0.1) is 0 Å². The van der Waals surface area contributed by atoms with Crippen LogP contribution in [0.15, 0.2) is 48.6 Å². The summed E-state index contributed by atoms with van der Waals surface area (Å²) >= 11 is 0. The number of hydrogen-bond acceptors (Lipinski definition) is 5. The van der Waals surface area contributed by atoms with Gasteiger partial charge in [-0.05, 0) is 70.1 Å². The minimum atomic E-state index is -0.868. The molecule has 9 heteroatoms. The van der Waals surface area contributed by atoms with Crippen LogP contribution >= 0.6 is 0 Å². The molecule has 3 N–H and O–H groups in total. The lowest BCUT2D eigenvalue weighted by molar-refractivity contribution is -0.141. The van der Waals surface area contributed by atoms with E-state index in [1.807, 2.05) is 19.1 Å². The first kappa shape index (κ1) is 29.9. The van der Waals surface area contributed by atoms with Gasteiger partial charge in [0.1, 0.15) is 17.9 Å². The second-order valence-corrected chi connectivity index (χ2v) is 11.6. The van der Waals surface area contributed by atoms with Crippen molar-refractivity contribution < 1.29 is 23.5 Å². The maximum atomic E-state index is 13.5. The molecule has 4 rings (SSSR count). The van der Waals surface area contributed by atoms with Crippen molar-refractivity contribution in [3.05, 3.63) is 60.0 Å². The highest BCUT2D eigenvalue weighted by Crippen LogP contribution is 2.35. The number of nitrogens with zero attached hydrogens (tertiary/aromatic N) is 1. The predicted octanol–water partition coefficient (Wildman–Crippen LogP) is 2.88. The molecule has 8 nitrogen and oxygen atoms in total. The van der Waals surface area contributed by atoms with Crippen LogP contribution in [0.1, 0.15) is 52.0 Å². The first-order valence-electron chi connectivity index (χ1n) is 14.4. The number of hydrogen-bond donors (Lipinski definition) is 3. The van der Waals surface area contributed by atoms with Gasteiger partial charge in [-0.1, -0.05) is 36.4 Å². The Hall–Kier alpha value is -3.04. The van der Waals surface area contributed by atoms with Crippen LogP contribution in [0.5, 0.6) is 0 Å². The topological polar surface area (TPSA) is 99.8 Å². The average Bonchev–Trinajstić information content (AvgIpc) is 3.76. The van der Waals surface area contributed by atoms with Crippen LogP contribution in [0.3, 0.4) is 0 Å². The molecule has 2 aliphatic carbocycles. The van der Waals surface area contributed by atoms with Crippen LogP contribution in [-0.2, 0) is 25.5 Å². The molecule has 6 atom stereocenters. The Kier molecular flexibility index (Phi) is 9.79. The highest BCUT2D eigenvalue weighted by Gasteiger charge is 2.40. The molecular formula is C31H43FN4O4. The SMILES string of the molecule is C[C@@H]1CN[C@@H](C2CC2)C(=O)N(C)[C@H](C)C(=O)N[C@H](Cc2ccc(F)cc2)C(=O)NCCCC2C=CC=CC2(C)O1. The van der Waals surface area contributed by atoms with Crippen molar-refractivity contribution >= 4 is 17.7 Å². The maximum Gasteiger partial charge on any atom is 0.243 e. The Bertz CT molecular complexity index is 1120. The number of carbonyl (C=O) groups is 3. The fraction of sp³-hybridized carbons (Fsp3) is 0.581. The number of rotatable bonds is 3. The standard InChI is InChI=1S/C31H43FN4O4/c1-20-19-34-27(23-12-13-23)30(39)36(4)21(2)28(37)35-26(18-22-10-14-25(32)15-11-22)29(38)33-17-7-9-24-8-5-6-16-31(24,3)40-20/h5-6,8,10-11,14-16,20-21,23-24,26-27,34H,7,9,12-13,17-19H2,1-4H3,(H,33,38)(H,35,37)/t20-,21-,24?,26-,27+,31?/m1/s1. The monoisotopic (exact) mass is 554 g/mol. The molecule has 40 heavy (non-hydrogen) atoms. The minimum absolute atomic E-state index is 0.123. The van der Waals surface area contributed by atoms with Crippen molar-refractivity contribution in [2.75, 3.05) is 20.1 Å². The van der Waals surface area contributed by atoms with Gasteiger partial charge in [-0.25, -0.2) is 4.39 Å². The van der Waals surface area contributed by atoms with E-state index < -0.39 is 29.6 Å². The Morgan fingerprint density at radius 2 is 1.77 bits per heavy atom. The summed E-state index contributed by atoms with van der Waals surface area (Å²) in [6.07, 6.45) is 11.8. The molecule has 218 valence electrons. The molecule has 0 bridgehead atoms. The molecule has 0 spiro atoms. The molecule has 1 saturated carbocycles. The van der Waals surface area contributed by atoms with Crippen LogP contribution in [0.25, 0.3) is 0 Å². The first-order valence-corrected chi connectivity index (χ1v) is 14.4. The van der Waals surface area contributed by atoms with Gasteiger partial charge < -0.3 is 25.6 Å². The zero-order valence-electron chi connectivity index (χ0n) is 24.0. The van der Waals surface area contributed by atoms with Crippen LogP contribution in [0.2, 0.25) is 0 Å². The normalized spacial score (nSPS) is 33.0. The van der Waals surface area contributed by atoms with Crippen LogP contribution in [0.4, 0.5) is 4.39 Å².